The van der Waals surface area contributed by atoms with E-state index < -0.39 is 0 Å². The monoisotopic (exact) mass is 414 g/mol. The third-order valence-corrected chi connectivity index (χ3v) is 6.26. The minimum absolute atomic E-state index is 0.262. The van der Waals surface area contributed by atoms with Crippen molar-refractivity contribution < 1.29 is 0 Å². The fourth-order valence-corrected chi connectivity index (χ4v) is 4.65. The number of nitrogens with two attached hydrogens (primary N) is 1. The van der Waals surface area contributed by atoms with E-state index in [1.807, 2.05) is 23.6 Å². The Bertz CT molecular complexity index is 931. The first-order valence-electron chi connectivity index (χ1n) is 9.21. The van der Waals surface area contributed by atoms with Gasteiger partial charge in [0.2, 0.25) is 11.9 Å². The summed E-state index contributed by atoms with van der Waals surface area (Å²) in [7, 11) is 0. The Kier molecular flexibility index (Phi) is 5.87. The number of anilines is 2. The molecule has 4 rings (SSSR count). The summed E-state index contributed by atoms with van der Waals surface area (Å²) in [6, 6.07) is 4.05. The second-order valence-electron chi connectivity index (χ2n) is 6.43. The van der Waals surface area contributed by atoms with E-state index in [1.165, 1.54) is 6.42 Å². The van der Waals surface area contributed by atoms with Crippen molar-refractivity contribution in [3.63, 3.8) is 0 Å². The van der Waals surface area contributed by atoms with Crippen molar-refractivity contribution in [2.24, 2.45) is 0 Å². The van der Waals surface area contributed by atoms with Crippen LogP contribution in [0.2, 0.25) is 0 Å². The molecule has 1 aliphatic rings. The zero-order chi connectivity index (χ0) is 19.3. The highest BCUT2D eigenvalue weighted by atomic mass is 32.2. The molecule has 3 aromatic heterocycles. The first-order chi connectivity index (χ1) is 13.7. The fraction of sp³-hybridized carbons (Fsp3) is 0.389. The quantitative estimate of drug-likeness (QED) is 0.465. The molecule has 0 aromatic carbocycles. The van der Waals surface area contributed by atoms with Gasteiger partial charge in [-0.05, 0) is 30.7 Å². The molecule has 2 N–H and O–H groups in total. The summed E-state index contributed by atoms with van der Waals surface area (Å²) in [5.41, 5.74) is 5.94. The molecule has 146 valence electrons. The van der Waals surface area contributed by atoms with Crippen LogP contribution in [0.5, 0.6) is 0 Å². The van der Waals surface area contributed by atoms with Crippen molar-refractivity contribution in [2.75, 3.05) is 23.7 Å². The summed E-state index contributed by atoms with van der Waals surface area (Å²) in [5, 5.41) is 11.6. The van der Waals surface area contributed by atoms with E-state index in [9.17, 15) is 0 Å². The van der Waals surface area contributed by atoms with Gasteiger partial charge in [-0.2, -0.15) is 15.0 Å². The second-order valence-corrected chi connectivity index (χ2v) is 8.32. The number of rotatable bonds is 7. The van der Waals surface area contributed by atoms with Gasteiger partial charge in [0.1, 0.15) is 5.82 Å². The molecule has 1 aliphatic heterocycles. The van der Waals surface area contributed by atoms with Gasteiger partial charge in [0.05, 0.1) is 10.6 Å². The second kappa shape index (κ2) is 8.70. The number of hydrogen-bond donors (Lipinski definition) is 1. The van der Waals surface area contributed by atoms with E-state index >= 15 is 0 Å². The van der Waals surface area contributed by atoms with E-state index in [-0.39, 0.29) is 5.95 Å². The van der Waals surface area contributed by atoms with E-state index in [0.717, 1.165) is 41.8 Å². The van der Waals surface area contributed by atoms with Crippen LogP contribution in [-0.2, 0) is 12.3 Å². The first kappa shape index (κ1) is 18.9. The molecule has 4 heterocycles. The summed E-state index contributed by atoms with van der Waals surface area (Å²) in [5.74, 6) is 2.99. The molecular formula is C18H22N8S2. The lowest BCUT2D eigenvalue weighted by atomic mass is 10.1. The van der Waals surface area contributed by atoms with Crippen LogP contribution in [0.1, 0.15) is 25.1 Å². The standard InChI is InChI=1S/C18H22N8S2/c1-2-8-26-15(13-7-6-11-27-13)23-24-18(26)28-12-14-20-16(19)22-17(21-14)25-9-4-3-5-10-25/h2,6-7,11H,1,3-5,8-10,12H2,(H2,19,20,21,22). The molecule has 0 bridgehead atoms. The summed E-state index contributed by atoms with van der Waals surface area (Å²) < 4.78 is 2.06. The van der Waals surface area contributed by atoms with Crippen molar-refractivity contribution in [2.45, 2.75) is 36.7 Å². The third-order valence-electron chi connectivity index (χ3n) is 4.43. The van der Waals surface area contributed by atoms with Crippen molar-refractivity contribution in [3.05, 3.63) is 36.0 Å². The largest absolute Gasteiger partial charge is 0.368 e. The summed E-state index contributed by atoms with van der Waals surface area (Å²) in [6.45, 7) is 6.43. The number of nitrogens with zero attached hydrogens (tertiary/aromatic N) is 7. The molecule has 8 nitrogen and oxygen atoms in total. The van der Waals surface area contributed by atoms with E-state index in [2.05, 4.69) is 41.2 Å². The highest BCUT2D eigenvalue weighted by Gasteiger charge is 2.18. The van der Waals surface area contributed by atoms with Crippen LogP contribution in [0.15, 0.2) is 35.3 Å². The summed E-state index contributed by atoms with van der Waals surface area (Å²) in [6.07, 6.45) is 5.42. The zero-order valence-corrected chi connectivity index (χ0v) is 17.1. The molecule has 0 spiro atoms. The van der Waals surface area contributed by atoms with Gasteiger partial charge >= 0.3 is 0 Å². The fourth-order valence-electron chi connectivity index (χ4n) is 3.13. The maximum Gasteiger partial charge on any atom is 0.230 e. The van der Waals surface area contributed by atoms with Gasteiger partial charge in [0, 0.05) is 19.6 Å². The topological polar surface area (TPSA) is 98.6 Å². The minimum Gasteiger partial charge on any atom is -0.368 e. The SMILES string of the molecule is C=CCn1c(SCc2nc(N)nc(N3CCCCC3)n2)nnc1-c1cccs1. The maximum absolute atomic E-state index is 5.94. The Labute approximate surface area is 171 Å². The predicted octanol–water partition coefficient (Wildman–Crippen LogP) is 3.24. The minimum atomic E-state index is 0.262. The maximum atomic E-state index is 5.94. The lowest BCUT2D eigenvalue weighted by Crippen LogP contribution is -2.31. The summed E-state index contributed by atoms with van der Waals surface area (Å²) >= 11 is 3.18. The zero-order valence-electron chi connectivity index (χ0n) is 15.5. The molecule has 0 aliphatic carbocycles. The number of nitrogen functional groups attached to an aromatic ring is 1. The van der Waals surface area contributed by atoms with Gasteiger partial charge in [-0.3, -0.25) is 4.57 Å². The molecule has 0 atom stereocenters. The number of piperidine rings is 1. The smallest absolute Gasteiger partial charge is 0.230 e. The number of allylic oxidation sites excluding steroid dienone is 1. The van der Waals surface area contributed by atoms with Crippen LogP contribution in [0.4, 0.5) is 11.9 Å². The molecule has 1 saturated heterocycles. The predicted molar refractivity (Wildman–Crippen MR) is 113 cm³/mol. The molecule has 3 aromatic rings. The van der Waals surface area contributed by atoms with Gasteiger partial charge in [0.25, 0.3) is 0 Å². The Morgan fingerprint density at radius 1 is 1.18 bits per heavy atom. The number of thiophene rings is 1. The number of aromatic nitrogens is 6. The molecule has 10 heteroatoms. The number of thioether (sulfide) groups is 1. The average molecular weight is 415 g/mol. The molecule has 1 fully saturated rings. The van der Waals surface area contributed by atoms with Gasteiger partial charge in [-0.15, -0.1) is 28.1 Å². The van der Waals surface area contributed by atoms with Crippen LogP contribution in [0, 0.1) is 0 Å². The van der Waals surface area contributed by atoms with Crippen LogP contribution >= 0.6 is 23.1 Å². The highest BCUT2D eigenvalue weighted by molar-refractivity contribution is 7.98. The Morgan fingerprint density at radius 2 is 2.04 bits per heavy atom. The lowest BCUT2D eigenvalue weighted by molar-refractivity contribution is 0.567. The van der Waals surface area contributed by atoms with Crippen LogP contribution in [-0.4, -0.2) is 42.8 Å². The molecule has 0 saturated carbocycles. The van der Waals surface area contributed by atoms with Crippen molar-refractivity contribution in [3.8, 4) is 10.7 Å². The Hall–Kier alpha value is -2.46. The van der Waals surface area contributed by atoms with Gasteiger partial charge < -0.3 is 10.6 Å². The lowest BCUT2D eigenvalue weighted by Gasteiger charge is -2.26. The average Bonchev–Trinajstić information content (AvgIpc) is 3.37. The Morgan fingerprint density at radius 3 is 2.79 bits per heavy atom. The van der Waals surface area contributed by atoms with Crippen LogP contribution < -0.4 is 10.6 Å². The third kappa shape index (κ3) is 4.17. The van der Waals surface area contributed by atoms with Gasteiger partial charge in [-0.25, -0.2) is 0 Å². The summed E-state index contributed by atoms with van der Waals surface area (Å²) in [4.78, 5) is 16.5. The molecule has 0 amide bonds. The first-order valence-corrected chi connectivity index (χ1v) is 11.1. The van der Waals surface area contributed by atoms with E-state index in [4.69, 9.17) is 5.73 Å². The van der Waals surface area contributed by atoms with E-state index in [0.29, 0.717) is 24.1 Å². The highest BCUT2D eigenvalue weighted by Crippen LogP contribution is 2.28. The van der Waals surface area contributed by atoms with Crippen molar-refractivity contribution in [1.29, 1.82) is 0 Å². The molecular weight excluding hydrogens is 392 g/mol. The van der Waals surface area contributed by atoms with Crippen LogP contribution in [0.3, 0.4) is 0 Å². The molecule has 0 unspecified atom stereocenters. The molecule has 0 radical (unpaired) electrons. The van der Waals surface area contributed by atoms with Crippen LogP contribution in [0.25, 0.3) is 10.7 Å². The van der Waals surface area contributed by atoms with Crippen molar-refractivity contribution >= 4 is 35.0 Å². The number of hydrogen-bond acceptors (Lipinski definition) is 9. The van der Waals surface area contributed by atoms with E-state index in [1.54, 1.807) is 23.1 Å². The van der Waals surface area contributed by atoms with Crippen molar-refractivity contribution in [1.82, 2.24) is 29.7 Å². The van der Waals surface area contributed by atoms with Gasteiger partial charge in [0.15, 0.2) is 11.0 Å². The molecule has 28 heavy (non-hydrogen) atoms. The Balaban J connectivity index is 1.53. The van der Waals surface area contributed by atoms with Gasteiger partial charge in [-0.1, -0.05) is 23.9 Å². The normalized spacial score (nSPS) is 14.4.